The number of thioether (sulfide) groups is 1. The zero-order chi connectivity index (χ0) is 12.3. The average Bonchev–Trinajstić information content (AvgIpc) is 2.38. The highest BCUT2D eigenvalue weighted by Gasteiger charge is 2.16. The predicted molar refractivity (Wildman–Crippen MR) is 80.0 cm³/mol. The summed E-state index contributed by atoms with van der Waals surface area (Å²) in [7, 11) is 0. The van der Waals surface area contributed by atoms with Crippen LogP contribution in [0.25, 0.3) is 0 Å². The maximum atomic E-state index is 3.73. The first kappa shape index (κ1) is 15.3. The van der Waals surface area contributed by atoms with Gasteiger partial charge in [-0.25, -0.2) is 0 Å². The van der Waals surface area contributed by atoms with Gasteiger partial charge < -0.3 is 10.2 Å². The van der Waals surface area contributed by atoms with Crippen molar-refractivity contribution < 1.29 is 0 Å². The molecule has 1 aliphatic heterocycles. The van der Waals surface area contributed by atoms with E-state index in [4.69, 9.17) is 0 Å². The molecule has 102 valence electrons. The largest absolute Gasteiger partial charge is 0.314 e. The highest BCUT2D eigenvalue weighted by Crippen LogP contribution is 2.10. The molecule has 1 N–H and O–H groups in total. The molecular weight excluding hydrogens is 228 g/mol. The fraction of sp³-hybridized carbons (Fsp3) is 1.00. The van der Waals surface area contributed by atoms with E-state index in [1.807, 2.05) is 11.8 Å². The van der Waals surface area contributed by atoms with Crippen molar-refractivity contribution in [3.63, 3.8) is 0 Å². The lowest BCUT2D eigenvalue weighted by molar-refractivity contribution is 0.206. The van der Waals surface area contributed by atoms with Crippen molar-refractivity contribution in [2.75, 3.05) is 38.2 Å². The van der Waals surface area contributed by atoms with E-state index >= 15 is 0 Å². The van der Waals surface area contributed by atoms with E-state index in [-0.39, 0.29) is 0 Å². The van der Waals surface area contributed by atoms with E-state index in [1.54, 1.807) is 0 Å². The molecule has 0 aliphatic carbocycles. The lowest BCUT2D eigenvalue weighted by atomic mass is 10.0. The molecule has 0 aromatic rings. The van der Waals surface area contributed by atoms with Crippen molar-refractivity contribution >= 4 is 11.8 Å². The Morgan fingerprint density at radius 2 is 1.82 bits per heavy atom. The van der Waals surface area contributed by atoms with Crippen molar-refractivity contribution in [2.24, 2.45) is 0 Å². The SMILES string of the molecule is CCN1CCC(NCCCCCCSC)CC1. The number of hydrogen-bond donors (Lipinski definition) is 1. The normalized spacial score (nSPS) is 18.7. The second-order valence-electron chi connectivity index (χ2n) is 5.07. The van der Waals surface area contributed by atoms with Crippen LogP contribution in [0, 0.1) is 0 Å². The average molecular weight is 258 g/mol. The highest BCUT2D eigenvalue weighted by atomic mass is 32.2. The van der Waals surface area contributed by atoms with Crippen molar-refractivity contribution in [2.45, 2.75) is 51.5 Å². The molecule has 3 heteroatoms. The van der Waals surface area contributed by atoms with Gasteiger partial charge >= 0.3 is 0 Å². The molecule has 0 aromatic carbocycles. The molecule has 0 unspecified atom stereocenters. The highest BCUT2D eigenvalue weighted by molar-refractivity contribution is 7.98. The van der Waals surface area contributed by atoms with Crippen molar-refractivity contribution in [3.8, 4) is 0 Å². The molecular formula is C14H30N2S. The number of unbranched alkanes of at least 4 members (excludes halogenated alkanes) is 3. The van der Waals surface area contributed by atoms with E-state index in [0.717, 1.165) is 6.04 Å². The summed E-state index contributed by atoms with van der Waals surface area (Å²) < 4.78 is 0. The van der Waals surface area contributed by atoms with E-state index in [2.05, 4.69) is 23.4 Å². The Hall–Kier alpha value is 0.270. The van der Waals surface area contributed by atoms with Gasteiger partial charge in [0.05, 0.1) is 0 Å². The van der Waals surface area contributed by atoms with Crippen LogP contribution in [-0.4, -0.2) is 49.1 Å². The van der Waals surface area contributed by atoms with Crippen molar-refractivity contribution in [3.05, 3.63) is 0 Å². The number of likely N-dealkylation sites (tertiary alicyclic amines) is 1. The van der Waals surface area contributed by atoms with Crippen LogP contribution in [0.15, 0.2) is 0 Å². The number of nitrogens with one attached hydrogen (secondary N) is 1. The molecule has 0 spiro atoms. The van der Waals surface area contributed by atoms with Gasteiger partial charge in [-0.1, -0.05) is 19.8 Å². The number of hydrogen-bond acceptors (Lipinski definition) is 3. The van der Waals surface area contributed by atoms with Crippen LogP contribution in [0.3, 0.4) is 0 Å². The van der Waals surface area contributed by atoms with Crippen LogP contribution in [0.4, 0.5) is 0 Å². The maximum absolute atomic E-state index is 3.73. The van der Waals surface area contributed by atoms with Crippen LogP contribution in [0.2, 0.25) is 0 Å². The molecule has 17 heavy (non-hydrogen) atoms. The number of piperidine rings is 1. The van der Waals surface area contributed by atoms with Gasteiger partial charge in [-0.15, -0.1) is 0 Å². The van der Waals surface area contributed by atoms with Crippen LogP contribution >= 0.6 is 11.8 Å². The lowest BCUT2D eigenvalue weighted by Crippen LogP contribution is -2.42. The Morgan fingerprint density at radius 3 is 2.47 bits per heavy atom. The fourth-order valence-electron chi connectivity index (χ4n) is 2.48. The summed E-state index contributed by atoms with van der Waals surface area (Å²) in [6.45, 7) is 7.31. The quantitative estimate of drug-likeness (QED) is 0.640. The van der Waals surface area contributed by atoms with Gasteiger partial charge in [0.1, 0.15) is 0 Å². The number of rotatable bonds is 9. The van der Waals surface area contributed by atoms with Crippen molar-refractivity contribution in [1.29, 1.82) is 0 Å². The molecule has 0 amide bonds. The minimum Gasteiger partial charge on any atom is -0.314 e. The Bertz CT molecular complexity index is 168. The summed E-state index contributed by atoms with van der Waals surface area (Å²) in [5, 5.41) is 3.73. The molecule has 1 heterocycles. The zero-order valence-corrected chi connectivity index (χ0v) is 12.5. The fourth-order valence-corrected chi connectivity index (χ4v) is 2.98. The predicted octanol–water partition coefficient (Wildman–Crippen LogP) is 2.98. The van der Waals surface area contributed by atoms with Gasteiger partial charge in [0.2, 0.25) is 0 Å². The second-order valence-corrected chi connectivity index (χ2v) is 6.06. The standard InChI is InChI=1S/C14H30N2S/c1-3-16-11-8-14(9-12-16)15-10-6-4-5-7-13-17-2/h14-15H,3-13H2,1-2H3. The van der Waals surface area contributed by atoms with Gasteiger partial charge in [0.15, 0.2) is 0 Å². The molecule has 0 saturated carbocycles. The third-order valence-corrected chi connectivity index (χ3v) is 4.44. The van der Waals surface area contributed by atoms with Crippen LogP contribution < -0.4 is 5.32 Å². The summed E-state index contributed by atoms with van der Waals surface area (Å²) in [5.41, 5.74) is 0. The van der Waals surface area contributed by atoms with Gasteiger partial charge in [-0.3, -0.25) is 0 Å². The minimum atomic E-state index is 0.795. The molecule has 1 saturated heterocycles. The smallest absolute Gasteiger partial charge is 0.00914 e. The molecule has 1 aliphatic rings. The third-order valence-electron chi connectivity index (χ3n) is 3.74. The lowest BCUT2D eigenvalue weighted by Gasteiger charge is -2.31. The first-order valence-electron chi connectivity index (χ1n) is 7.31. The zero-order valence-electron chi connectivity index (χ0n) is 11.7. The Morgan fingerprint density at radius 1 is 1.12 bits per heavy atom. The molecule has 0 aromatic heterocycles. The Balaban J connectivity index is 1.87. The molecule has 0 radical (unpaired) electrons. The van der Waals surface area contributed by atoms with E-state index < -0.39 is 0 Å². The summed E-state index contributed by atoms with van der Waals surface area (Å²) in [5.74, 6) is 1.34. The van der Waals surface area contributed by atoms with Gasteiger partial charge in [0, 0.05) is 6.04 Å². The minimum absolute atomic E-state index is 0.795. The third kappa shape index (κ3) is 7.32. The van der Waals surface area contributed by atoms with Gasteiger partial charge in [0.25, 0.3) is 0 Å². The molecule has 2 nitrogen and oxygen atoms in total. The number of nitrogens with zero attached hydrogens (tertiary/aromatic N) is 1. The van der Waals surface area contributed by atoms with E-state index in [1.165, 1.54) is 70.5 Å². The maximum Gasteiger partial charge on any atom is 0.00914 e. The van der Waals surface area contributed by atoms with Crippen LogP contribution in [-0.2, 0) is 0 Å². The summed E-state index contributed by atoms with van der Waals surface area (Å²) >= 11 is 1.97. The molecule has 0 atom stereocenters. The van der Waals surface area contributed by atoms with Gasteiger partial charge in [-0.2, -0.15) is 11.8 Å². The summed E-state index contributed by atoms with van der Waals surface area (Å²) in [6, 6.07) is 0.795. The van der Waals surface area contributed by atoms with Crippen LogP contribution in [0.5, 0.6) is 0 Å². The Labute approximate surface area is 112 Å². The Kier molecular flexibility index (Phi) is 9.21. The summed E-state index contributed by atoms with van der Waals surface area (Å²) in [6.07, 6.45) is 10.5. The molecule has 1 fully saturated rings. The first-order chi connectivity index (χ1) is 8.36. The first-order valence-corrected chi connectivity index (χ1v) is 8.71. The van der Waals surface area contributed by atoms with E-state index in [0.29, 0.717) is 0 Å². The topological polar surface area (TPSA) is 15.3 Å². The molecule has 1 rings (SSSR count). The van der Waals surface area contributed by atoms with Gasteiger partial charge in [-0.05, 0) is 63.9 Å². The monoisotopic (exact) mass is 258 g/mol. The van der Waals surface area contributed by atoms with E-state index in [9.17, 15) is 0 Å². The molecule has 0 bridgehead atoms. The second kappa shape index (κ2) is 10.2. The summed E-state index contributed by atoms with van der Waals surface area (Å²) in [4.78, 5) is 2.56. The van der Waals surface area contributed by atoms with Crippen LogP contribution in [0.1, 0.15) is 45.4 Å². The van der Waals surface area contributed by atoms with Crippen molar-refractivity contribution in [1.82, 2.24) is 10.2 Å².